The Morgan fingerprint density at radius 2 is 1.95 bits per heavy atom. The Morgan fingerprint density at radius 1 is 1.14 bits per heavy atom. The summed E-state index contributed by atoms with van der Waals surface area (Å²) in [6.07, 6.45) is 5.13. The number of furan rings is 1. The summed E-state index contributed by atoms with van der Waals surface area (Å²) in [5.74, 6) is 1.20. The fourth-order valence-corrected chi connectivity index (χ4v) is 5.36. The third kappa shape index (κ3) is 1.50. The number of anilines is 1. The largest absolute Gasteiger partial charge is 0.448 e. The van der Waals surface area contributed by atoms with Crippen molar-refractivity contribution < 1.29 is 4.42 Å². The van der Waals surface area contributed by atoms with Crippen LogP contribution in [-0.2, 0) is 12.1 Å². The third-order valence-corrected chi connectivity index (χ3v) is 6.30. The zero-order valence-corrected chi connectivity index (χ0v) is 13.6. The van der Waals surface area contributed by atoms with Crippen molar-refractivity contribution >= 4 is 27.3 Å². The highest BCUT2D eigenvalue weighted by Crippen LogP contribution is 2.55. The van der Waals surface area contributed by atoms with Gasteiger partial charge in [0.2, 0.25) is 0 Å². The summed E-state index contributed by atoms with van der Waals surface area (Å²) in [5, 5.41) is 3.52. The number of hydrogen-bond donors (Lipinski definition) is 0. The first-order valence-corrected chi connectivity index (χ1v) is 9.00. The zero-order valence-electron chi connectivity index (χ0n) is 12.8. The lowest BCUT2D eigenvalue weighted by Gasteiger charge is -2.38. The average molecular weight is 309 g/mol. The molecule has 5 rings (SSSR count). The quantitative estimate of drug-likeness (QED) is 0.582. The molecule has 3 heterocycles. The summed E-state index contributed by atoms with van der Waals surface area (Å²) < 4.78 is 6.21. The molecule has 0 amide bonds. The first-order valence-electron chi connectivity index (χ1n) is 8.12. The van der Waals surface area contributed by atoms with E-state index in [1.165, 1.54) is 53.6 Å². The number of benzene rings is 1. The van der Waals surface area contributed by atoms with Gasteiger partial charge in [0, 0.05) is 16.6 Å². The van der Waals surface area contributed by atoms with Crippen molar-refractivity contribution in [2.45, 2.75) is 44.7 Å². The minimum absolute atomic E-state index is 0.160. The molecular formula is C19H19NOS. The van der Waals surface area contributed by atoms with Gasteiger partial charge < -0.3 is 9.32 Å². The Bertz CT molecular complexity index is 853. The van der Waals surface area contributed by atoms with Gasteiger partial charge in [0.05, 0.1) is 12.1 Å². The number of thiophene rings is 1. The summed E-state index contributed by atoms with van der Waals surface area (Å²) in [6.45, 7) is 3.14. The van der Waals surface area contributed by atoms with E-state index in [2.05, 4.69) is 47.5 Å². The van der Waals surface area contributed by atoms with Gasteiger partial charge in [-0.15, -0.1) is 11.3 Å². The molecule has 0 bridgehead atoms. The molecule has 22 heavy (non-hydrogen) atoms. The lowest BCUT2D eigenvalue weighted by atomic mass is 9.88. The fraction of sp³-hybridized carbons (Fsp3) is 0.368. The molecule has 0 saturated heterocycles. The second kappa shape index (κ2) is 4.39. The summed E-state index contributed by atoms with van der Waals surface area (Å²) in [6, 6.07) is 11.0. The molecule has 1 saturated carbocycles. The molecule has 2 nitrogen and oxygen atoms in total. The van der Waals surface area contributed by atoms with Gasteiger partial charge in [-0.2, -0.15) is 0 Å². The highest BCUT2D eigenvalue weighted by atomic mass is 32.1. The van der Waals surface area contributed by atoms with Gasteiger partial charge in [-0.25, -0.2) is 0 Å². The number of rotatable bonds is 1. The molecular weight excluding hydrogens is 290 g/mol. The molecule has 2 aromatic heterocycles. The number of hydrogen-bond acceptors (Lipinski definition) is 3. The van der Waals surface area contributed by atoms with Crippen LogP contribution in [0.3, 0.4) is 0 Å². The van der Waals surface area contributed by atoms with E-state index in [-0.39, 0.29) is 5.54 Å². The Hall–Kier alpha value is -1.74. The topological polar surface area (TPSA) is 16.4 Å². The van der Waals surface area contributed by atoms with Crippen LogP contribution in [0.5, 0.6) is 0 Å². The van der Waals surface area contributed by atoms with Crippen LogP contribution in [0.25, 0.3) is 10.3 Å². The van der Waals surface area contributed by atoms with Gasteiger partial charge in [0.25, 0.3) is 0 Å². The lowest BCUT2D eigenvalue weighted by Crippen LogP contribution is -2.39. The van der Waals surface area contributed by atoms with E-state index in [1.807, 2.05) is 0 Å². The van der Waals surface area contributed by atoms with E-state index in [4.69, 9.17) is 4.42 Å². The van der Waals surface area contributed by atoms with E-state index < -0.39 is 0 Å². The van der Waals surface area contributed by atoms with Crippen molar-refractivity contribution in [2.24, 2.45) is 0 Å². The monoisotopic (exact) mass is 309 g/mol. The summed E-state index contributed by atoms with van der Waals surface area (Å²) >= 11 is 1.73. The van der Waals surface area contributed by atoms with Crippen molar-refractivity contribution in [1.82, 2.24) is 0 Å². The summed E-state index contributed by atoms with van der Waals surface area (Å²) in [4.78, 5) is 3.74. The predicted octanol–water partition coefficient (Wildman–Crippen LogP) is 5.59. The van der Waals surface area contributed by atoms with E-state index in [1.54, 1.807) is 11.3 Å². The highest BCUT2D eigenvalue weighted by Gasteiger charge is 2.50. The SMILES string of the molecule is Cc1ccccc1N1Cc2oc3sccc3c2C12CCCC2. The zero-order chi connectivity index (χ0) is 14.7. The van der Waals surface area contributed by atoms with Crippen molar-refractivity contribution in [3.8, 4) is 0 Å². The molecule has 3 aromatic rings. The molecule has 1 aliphatic carbocycles. The molecule has 1 fully saturated rings. The van der Waals surface area contributed by atoms with Crippen molar-refractivity contribution in [3.63, 3.8) is 0 Å². The van der Waals surface area contributed by atoms with E-state index >= 15 is 0 Å². The van der Waals surface area contributed by atoms with Crippen LogP contribution in [0.2, 0.25) is 0 Å². The molecule has 0 N–H and O–H groups in total. The maximum absolute atomic E-state index is 6.21. The van der Waals surface area contributed by atoms with Gasteiger partial charge in [-0.05, 0) is 42.8 Å². The first-order chi connectivity index (χ1) is 10.8. The Balaban J connectivity index is 1.75. The van der Waals surface area contributed by atoms with Crippen LogP contribution in [0, 0.1) is 6.92 Å². The molecule has 0 radical (unpaired) electrons. The van der Waals surface area contributed by atoms with Gasteiger partial charge in [0.1, 0.15) is 5.76 Å². The minimum atomic E-state index is 0.160. The molecule has 0 atom stereocenters. The van der Waals surface area contributed by atoms with E-state index in [0.29, 0.717) is 0 Å². The predicted molar refractivity (Wildman–Crippen MR) is 91.6 cm³/mol. The van der Waals surface area contributed by atoms with Crippen LogP contribution in [0.4, 0.5) is 5.69 Å². The van der Waals surface area contributed by atoms with Gasteiger partial charge in [-0.1, -0.05) is 31.0 Å². The number of nitrogens with zero attached hydrogens (tertiary/aromatic N) is 1. The average Bonchev–Trinajstić information content (AvgIpc) is 3.24. The molecule has 2 aliphatic rings. The van der Waals surface area contributed by atoms with Crippen LogP contribution in [0.15, 0.2) is 40.1 Å². The van der Waals surface area contributed by atoms with Crippen LogP contribution in [-0.4, -0.2) is 0 Å². The van der Waals surface area contributed by atoms with Crippen molar-refractivity contribution in [2.75, 3.05) is 4.90 Å². The number of fused-ring (bicyclic) bond motifs is 4. The van der Waals surface area contributed by atoms with E-state index in [9.17, 15) is 0 Å². The minimum Gasteiger partial charge on any atom is -0.448 e. The van der Waals surface area contributed by atoms with Crippen LogP contribution < -0.4 is 4.90 Å². The van der Waals surface area contributed by atoms with E-state index in [0.717, 1.165) is 11.4 Å². The maximum atomic E-state index is 6.21. The van der Waals surface area contributed by atoms with Crippen LogP contribution >= 0.6 is 11.3 Å². The molecule has 0 unspecified atom stereocenters. The highest BCUT2D eigenvalue weighted by molar-refractivity contribution is 7.16. The Morgan fingerprint density at radius 3 is 2.77 bits per heavy atom. The van der Waals surface area contributed by atoms with Gasteiger partial charge in [-0.3, -0.25) is 0 Å². The molecule has 1 aliphatic heterocycles. The van der Waals surface area contributed by atoms with Crippen LogP contribution in [0.1, 0.15) is 42.6 Å². The van der Waals surface area contributed by atoms with Gasteiger partial charge in [0.15, 0.2) is 4.90 Å². The second-order valence-corrected chi connectivity index (χ2v) is 7.51. The second-order valence-electron chi connectivity index (χ2n) is 6.63. The fourth-order valence-electron chi connectivity index (χ4n) is 4.59. The summed E-state index contributed by atoms with van der Waals surface area (Å²) in [7, 11) is 0. The number of para-hydroxylation sites is 1. The van der Waals surface area contributed by atoms with Crippen molar-refractivity contribution in [3.05, 3.63) is 52.6 Å². The first kappa shape index (κ1) is 12.8. The third-order valence-electron chi connectivity index (χ3n) is 5.51. The smallest absolute Gasteiger partial charge is 0.188 e. The standard InChI is InChI=1S/C19H19NOS/c1-13-6-2-3-7-15(13)20-12-16-17(19(20)9-4-5-10-19)14-8-11-22-18(14)21-16/h2-3,6-8,11H,4-5,9-10,12H2,1H3. The Labute approximate surface area is 134 Å². The van der Waals surface area contributed by atoms with Gasteiger partial charge >= 0.3 is 0 Å². The maximum Gasteiger partial charge on any atom is 0.188 e. The lowest BCUT2D eigenvalue weighted by molar-refractivity contribution is 0.439. The van der Waals surface area contributed by atoms with Crippen molar-refractivity contribution in [1.29, 1.82) is 0 Å². The Kier molecular flexibility index (Phi) is 2.55. The molecule has 3 heteroatoms. The summed E-state index contributed by atoms with van der Waals surface area (Å²) in [5.41, 5.74) is 4.39. The molecule has 1 spiro atoms. The normalized spacial score (nSPS) is 19.4. The molecule has 1 aromatic carbocycles. The number of aryl methyl sites for hydroxylation is 1. The molecule has 112 valence electrons.